The second kappa shape index (κ2) is 4.91. The van der Waals surface area contributed by atoms with Gasteiger partial charge in [-0.2, -0.15) is 0 Å². The Morgan fingerprint density at radius 3 is 2.56 bits per heavy atom. The number of rotatable bonds is 4. The van der Waals surface area contributed by atoms with Gasteiger partial charge in [-0.05, 0) is 25.0 Å². The summed E-state index contributed by atoms with van der Waals surface area (Å²) in [6.07, 6.45) is 3.98. The predicted molar refractivity (Wildman–Crippen MR) is 65.5 cm³/mol. The zero-order chi connectivity index (χ0) is 11.4. The van der Waals surface area contributed by atoms with Crippen molar-refractivity contribution in [3.63, 3.8) is 0 Å². The average Bonchev–Trinajstić information content (AvgIpc) is 2.27. The fourth-order valence-electron chi connectivity index (χ4n) is 1.96. The molecule has 0 aliphatic heterocycles. The van der Waals surface area contributed by atoms with Crippen molar-refractivity contribution >= 4 is 17.7 Å². The molecule has 0 N–H and O–H groups in total. The minimum Gasteiger partial charge on any atom is -0.469 e. The lowest BCUT2D eigenvalue weighted by Gasteiger charge is -2.40. The van der Waals surface area contributed by atoms with Gasteiger partial charge in [0.1, 0.15) is 0 Å². The van der Waals surface area contributed by atoms with Gasteiger partial charge in [-0.15, -0.1) is 11.8 Å². The Bertz CT molecular complexity index is 357. The first kappa shape index (κ1) is 11.5. The van der Waals surface area contributed by atoms with E-state index in [1.54, 1.807) is 0 Å². The third kappa shape index (κ3) is 2.59. The highest BCUT2D eigenvalue weighted by molar-refractivity contribution is 8.00. The molecule has 1 fully saturated rings. The highest BCUT2D eigenvalue weighted by Gasteiger charge is 2.40. The van der Waals surface area contributed by atoms with Crippen LogP contribution in [0.3, 0.4) is 0 Å². The number of thioether (sulfide) groups is 1. The van der Waals surface area contributed by atoms with Gasteiger partial charge in [-0.1, -0.05) is 24.6 Å². The number of hydrogen-bond acceptors (Lipinski definition) is 3. The van der Waals surface area contributed by atoms with Crippen molar-refractivity contribution in [1.82, 2.24) is 0 Å². The van der Waals surface area contributed by atoms with Gasteiger partial charge in [0.25, 0.3) is 0 Å². The first-order valence-corrected chi connectivity index (χ1v) is 6.37. The summed E-state index contributed by atoms with van der Waals surface area (Å²) < 4.78 is 4.86. The van der Waals surface area contributed by atoms with Crippen LogP contribution in [0.25, 0.3) is 0 Å². The average molecular weight is 236 g/mol. The van der Waals surface area contributed by atoms with Gasteiger partial charge in [-0.25, -0.2) is 0 Å². The highest BCUT2D eigenvalue weighted by Crippen LogP contribution is 2.49. The fraction of sp³-hybridized carbons (Fsp3) is 0.462. The Morgan fingerprint density at radius 2 is 2.06 bits per heavy atom. The summed E-state index contributed by atoms with van der Waals surface area (Å²) in [6.45, 7) is 0. The lowest BCUT2D eigenvalue weighted by Crippen LogP contribution is -2.36. The van der Waals surface area contributed by atoms with Crippen LogP contribution in [0.5, 0.6) is 0 Å². The Balaban J connectivity index is 2.02. The van der Waals surface area contributed by atoms with Crippen molar-refractivity contribution in [3.8, 4) is 0 Å². The van der Waals surface area contributed by atoms with E-state index in [4.69, 9.17) is 4.74 Å². The molecule has 1 aromatic rings. The number of esters is 1. The molecule has 3 heteroatoms. The van der Waals surface area contributed by atoms with E-state index in [0.717, 1.165) is 12.8 Å². The maximum Gasteiger partial charge on any atom is 0.306 e. The van der Waals surface area contributed by atoms with Gasteiger partial charge in [-0.3, -0.25) is 4.79 Å². The third-order valence-electron chi connectivity index (χ3n) is 3.04. The fourth-order valence-corrected chi connectivity index (χ4v) is 3.44. The topological polar surface area (TPSA) is 26.3 Å². The molecule has 2 nitrogen and oxygen atoms in total. The van der Waals surface area contributed by atoms with Gasteiger partial charge in [0, 0.05) is 9.64 Å². The van der Waals surface area contributed by atoms with Crippen molar-refractivity contribution in [3.05, 3.63) is 30.3 Å². The number of carbonyl (C=O) groups excluding carboxylic acids is 1. The number of carbonyl (C=O) groups is 1. The molecule has 1 saturated carbocycles. The lowest BCUT2D eigenvalue weighted by atomic mass is 9.82. The monoisotopic (exact) mass is 236 g/mol. The quantitative estimate of drug-likeness (QED) is 0.751. The van der Waals surface area contributed by atoms with Crippen LogP contribution in [0.15, 0.2) is 35.2 Å². The molecule has 0 aromatic heterocycles. The second-order valence-electron chi connectivity index (χ2n) is 4.20. The lowest BCUT2D eigenvalue weighted by molar-refractivity contribution is -0.141. The van der Waals surface area contributed by atoms with E-state index in [1.807, 2.05) is 30.0 Å². The van der Waals surface area contributed by atoms with E-state index in [1.165, 1.54) is 18.4 Å². The SMILES string of the molecule is COC(=O)CC1(Sc2ccccc2)CCC1. The van der Waals surface area contributed by atoms with Crippen LogP contribution in [0.2, 0.25) is 0 Å². The van der Waals surface area contributed by atoms with Crippen molar-refractivity contribution < 1.29 is 9.53 Å². The van der Waals surface area contributed by atoms with Crippen LogP contribution in [0.4, 0.5) is 0 Å². The molecule has 0 atom stereocenters. The zero-order valence-electron chi connectivity index (χ0n) is 9.44. The molecule has 0 radical (unpaired) electrons. The van der Waals surface area contributed by atoms with Crippen molar-refractivity contribution in [2.75, 3.05) is 7.11 Å². The number of methoxy groups -OCH3 is 1. The number of benzene rings is 1. The molecule has 0 bridgehead atoms. The van der Waals surface area contributed by atoms with Crippen molar-refractivity contribution in [2.45, 2.75) is 35.3 Å². The largest absolute Gasteiger partial charge is 0.469 e. The maximum absolute atomic E-state index is 11.4. The molecule has 0 amide bonds. The van der Waals surface area contributed by atoms with Crippen molar-refractivity contribution in [2.24, 2.45) is 0 Å². The van der Waals surface area contributed by atoms with Crippen LogP contribution in [-0.4, -0.2) is 17.8 Å². The Kier molecular flexibility index (Phi) is 3.54. The van der Waals surface area contributed by atoms with E-state index >= 15 is 0 Å². The standard InChI is InChI=1S/C13H16O2S/c1-15-12(14)10-13(8-5-9-13)16-11-6-3-2-4-7-11/h2-4,6-7H,5,8-10H2,1H3. The van der Waals surface area contributed by atoms with Crippen LogP contribution in [0.1, 0.15) is 25.7 Å². The Labute approximate surface area is 100 Å². The summed E-state index contributed by atoms with van der Waals surface area (Å²) >= 11 is 1.82. The van der Waals surface area contributed by atoms with E-state index < -0.39 is 0 Å². The number of hydrogen-bond donors (Lipinski definition) is 0. The molecule has 16 heavy (non-hydrogen) atoms. The van der Waals surface area contributed by atoms with Gasteiger partial charge < -0.3 is 4.74 Å². The van der Waals surface area contributed by atoms with Crippen molar-refractivity contribution in [1.29, 1.82) is 0 Å². The Morgan fingerprint density at radius 1 is 1.38 bits per heavy atom. The van der Waals surface area contributed by atoms with Gasteiger partial charge in [0.15, 0.2) is 0 Å². The normalized spacial score (nSPS) is 17.6. The minimum absolute atomic E-state index is 0.0917. The van der Waals surface area contributed by atoms with Gasteiger partial charge in [0.05, 0.1) is 13.5 Å². The molecule has 2 rings (SSSR count). The summed E-state index contributed by atoms with van der Waals surface area (Å²) in [5, 5.41) is 0. The molecule has 0 heterocycles. The van der Waals surface area contributed by atoms with E-state index in [0.29, 0.717) is 6.42 Å². The van der Waals surface area contributed by atoms with Crippen LogP contribution in [0, 0.1) is 0 Å². The molecule has 0 saturated heterocycles. The number of ether oxygens (including phenoxy) is 1. The predicted octanol–water partition coefficient (Wildman–Crippen LogP) is 3.26. The first-order valence-electron chi connectivity index (χ1n) is 5.55. The molecule has 1 aliphatic rings. The highest BCUT2D eigenvalue weighted by atomic mass is 32.2. The summed E-state index contributed by atoms with van der Waals surface area (Å²) in [4.78, 5) is 12.6. The van der Waals surface area contributed by atoms with E-state index in [-0.39, 0.29) is 10.7 Å². The molecule has 1 aliphatic carbocycles. The first-order chi connectivity index (χ1) is 7.74. The summed E-state index contributed by atoms with van der Waals surface area (Å²) in [6, 6.07) is 10.3. The smallest absolute Gasteiger partial charge is 0.306 e. The molecule has 86 valence electrons. The summed E-state index contributed by atoms with van der Waals surface area (Å²) in [7, 11) is 1.46. The van der Waals surface area contributed by atoms with E-state index in [2.05, 4.69) is 12.1 Å². The third-order valence-corrected chi connectivity index (χ3v) is 4.53. The second-order valence-corrected chi connectivity index (χ2v) is 5.75. The molecule has 0 spiro atoms. The van der Waals surface area contributed by atoms with E-state index in [9.17, 15) is 4.79 Å². The minimum atomic E-state index is -0.0943. The summed E-state index contributed by atoms with van der Waals surface area (Å²) in [5.74, 6) is -0.0943. The Hall–Kier alpha value is -0.960. The van der Waals surface area contributed by atoms with Gasteiger partial charge >= 0.3 is 5.97 Å². The molecule has 1 aromatic carbocycles. The summed E-state index contributed by atoms with van der Waals surface area (Å²) in [5.41, 5.74) is 0. The zero-order valence-corrected chi connectivity index (χ0v) is 10.3. The molecular formula is C13H16O2S. The molecular weight excluding hydrogens is 220 g/mol. The maximum atomic E-state index is 11.4. The van der Waals surface area contributed by atoms with Crippen LogP contribution < -0.4 is 0 Å². The molecule has 0 unspecified atom stereocenters. The van der Waals surface area contributed by atoms with Gasteiger partial charge in [0.2, 0.25) is 0 Å². The van der Waals surface area contributed by atoms with Crippen LogP contribution >= 0.6 is 11.8 Å². The van der Waals surface area contributed by atoms with Crippen LogP contribution in [-0.2, 0) is 9.53 Å².